The summed E-state index contributed by atoms with van der Waals surface area (Å²) in [7, 11) is 0. The summed E-state index contributed by atoms with van der Waals surface area (Å²) in [5.41, 5.74) is 5.73. The predicted molar refractivity (Wildman–Crippen MR) is 67.0 cm³/mol. The monoisotopic (exact) mass is 252 g/mol. The van der Waals surface area contributed by atoms with Gasteiger partial charge < -0.3 is 15.8 Å². The van der Waals surface area contributed by atoms with Gasteiger partial charge in [0.1, 0.15) is 5.82 Å². The molecule has 4 nitrogen and oxygen atoms in total. The van der Waals surface area contributed by atoms with E-state index in [2.05, 4.69) is 5.32 Å². The van der Waals surface area contributed by atoms with Gasteiger partial charge >= 0.3 is 0 Å². The molecule has 98 valence electrons. The number of anilines is 1. The molecule has 5 heteroatoms. The average molecular weight is 252 g/mol. The molecule has 0 aliphatic carbocycles. The Morgan fingerprint density at radius 1 is 1.56 bits per heavy atom. The van der Waals surface area contributed by atoms with E-state index in [1.165, 1.54) is 18.2 Å². The molecule has 0 spiro atoms. The molecule has 3 N–H and O–H groups in total. The zero-order valence-electron chi connectivity index (χ0n) is 10.3. The van der Waals surface area contributed by atoms with Crippen molar-refractivity contribution in [3.63, 3.8) is 0 Å². The van der Waals surface area contributed by atoms with Crippen molar-refractivity contribution in [1.82, 2.24) is 0 Å². The molecule has 1 amide bonds. The number of primary amides is 1. The fourth-order valence-electron chi connectivity index (χ4n) is 2.07. The Labute approximate surface area is 105 Å². The van der Waals surface area contributed by atoms with Crippen molar-refractivity contribution in [2.24, 2.45) is 5.73 Å². The molecule has 1 aromatic carbocycles. The van der Waals surface area contributed by atoms with Gasteiger partial charge in [-0.05, 0) is 38.0 Å². The molecule has 1 heterocycles. The lowest BCUT2D eigenvalue weighted by atomic mass is 10.1. The van der Waals surface area contributed by atoms with Crippen LogP contribution in [0.1, 0.15) is 30.1 Å². The minimum atomic E-state index is -0.566. The van der Waals surface area contributed by atoms with Gasteiger partial charge in [-0.25, -0.2) is 4.39 Å². The Morgan fingerprint density at radius 3 is 2.94 bits per heavy atom. The number of nitrogens with two attached hydrogens (primary N) is 1. The lowest BCUT2D eigenvalue weighted by Crippen LogP contribution is -2.20. The molecular weight excluding hydrogens is 235 g/mol. The number of nitrogens with one attached hydrogen (secondary N) is 1. The third kappa shape index (κ3) is 2.98. The second-order valence-electron chi connectivity index (χ2n) is 4.59. The lowest BCUT2D eigenvalue weighted by Gasteiger charge is -2.14. The molecular formula is C13H17FN2O2. The Hall–Kier alpha value is -1.62. The highest BCUT2D eigenvalue weighted by Crippen LogP contribution is 2.21. The maximum absolute atomic E-state index is 13.5. The highest BCUT2D eigenvalue weighted by atomic mass is 19.1. The average Bonchev–Trinajstić information content (AvgIpc) is 2.74. The van der Waals surface area contributed by atoms with Crippen molar-refractivity contribution in [3.8, 4) is 0 Å². The number of amides is 1. The fraction of sp³-hybridized carbons (Fsp3) is 0.462. The molecule has 18 heavy (non-hydrogen) atoms. The van der Waals surface area contributed by atoms with E-state index in [0.717, 1.165) is 12.8 Å². The molecule has 0 radical (unpaired) electrons. The first-order valence-corrected chi connectivity index (χ1v) is 6.05. The standard InChI is InChI=1S/C13H17FN2O2/c1-8-2-4-10(18-8)7-16-12-6-9(13(15)17)3-5-11(12)14/h3,5-6,8,10,16H,2,4,7H2,1H3,(H2,15,17). The predicted octanol–water partition coefficient (Wildman–Crippen LogP) is 1.90. The number of hydrogen-bond donors (Lipinski definition) is 2. The van der Waals surface area contributed by atoms with Crippen LogP contribution in [0.25, 0.3) is 0 Å². The van der Waals surface area contributed by atoms with E-state index in [-0.39, 0.29) is 17.9 Å². The summed E-state index contributed by atoms with van der Waals surface area (Å²) < 4.78 is 19.2. The summed E-state index contributed by atoms with van der Waals surface area (Å²) in [6, 6.07) is 4.04. The SMILES string of the molecule is CC1CCC(CNc2cc(C(N)=O)ccc2F)O1. The Bertz CT molecular complexity index is 451. The number of rotatable bonds is 4. The third-order valence-corrected chi connectivity index (χ3v) is 3.09. The van der Waals surface area contributed by atoms with Gasteiger partial charge in [0.25, 0.3) is 0 Å². The molecule has 2 rings (SSSR count). The van der Waals surface area contributed by atoms with Crippen LogP contribution >= 0.6 is 0 Å². The zero-order chi connectivity index (χ0) is 13.1. The Balaban J connectivity index is 2.00. The molecule has 1 saturated heterocycles. The number of ether oxygens (including phenoxy) is 1. The first-order valence-electron chi connectivity index (χ1n) is 6.05. The molecule has 1 fully saturated rings. The highest BCUT2D eigenvalue weighted by molar-refractivity contribution is 5.93. The van der Waals surface area contributed by atoms with Crippen LogP contribution in [0, 0.1) is 5.82 Å². The van der Waals surface area contributed by atoms with Crippen LogP contribution in [0.3, 0.4) is 0 Å². The number of hydrogen-bond acceptors (Lipinski definition) is 3. The number of carbonyl (C=O) groups is 1. The van der Waals surface area contributed by atoms with Crippen LogP contribution in [-0.2, 0) is 4.74 Å². The van der Waals surface area contributed by atoms with Crippen molar-refractivity contribution in [1.29, 1.82) is 0 Å². The largest absolute Gasteiger partial charge is 0.380 e. The normalized spacial score (nSPS) is 23.0. The van der Waals surface area contributed by atoms with Crippen molar-refractivity contribution in [2.45, 2.75) is 32.0 Å². The van der Waals surface area contributed by atoms with Crippen molar-refractivity contribution >= 4 is 11.6 Å². The van der Waals surface area contributed by atoms with Crippen LogP contribution < -0.4 is 11.1 Å². The van der Waals surface area contributed by atoms with Gasteiger partial charge in [-0.2, -0.15) is 0 Å². The molecule has 2 unspecified atom stereocenters. The molecule has 0 saturated carbocycles. The van der Waals surface area contributed by atoms with Gasteiger partial charge in [0.05, 0.1) is 17.9 Å². The summed E-state index contributed by atoms with van der Waals surface area (Å²) in [4.78, 5) is 11.0. The molecule has 1 aliphatic rings. The Kier molecular flexibility index (Phi) is 3.81. The van der Waals surface area contributed by atoms with Crippen molar-refractivity contribution in [2.75, 3.05) is 11.9 Å². The first kappa shape index (κ1) is 12.8. The first-order chi connectivity index (χ1) is 8.56. The van der Waals surface area contributed by atoms with Gasteiger partial charge in [-0.1, -0.05) is 0 Å². The number of halogens is 1. The van der Waals surface area contributed by atoms with Gasteiger partial charge in [-0.15, -0.1) is 0 Å². The Morgan fingerprint density at radius 2 is 2.33 bits per heavy atom. The van der Waals surface area contributed by atoms with Gasteiger partial charge in [0.15, 0.2) is 0 Å². The molecule has 2 atom stereocenters. The number of carbonyl (C=O) groups excluding carboxylic acids is 1. The molecule has 1 aromatic rings. The second-order valence-corrected chi connectivity index (χ2v) is 4.59. The van der Waals surface area contributed by atoms with E-state index in [4.69, 9.17) is 10.5 Å². The van der Waals surface area contributed by atoms with Gasteiger partial charge in [0, 0.05) is 12.1 Å². The summed E-state index contributed by atoms with van der Waals surface area (Å²) in [6.45, 7) is 2.55. The van der Waals surface area contributed by atoms with Crippen LogP contribution in [0.2, 0.25) is 0 Å². The number of benzene rings is 1. The maximum atomic E-state index is 13.5. The van der Waals surface area contributed by atoms with Crippen LogP contribution in [0.5, 0.6) is 0 Å². The van der Waals surface area contributed by atoms with E-state index >= 15 is 0 Å². The van der Waals surface area contributed by atoms with E-state index in [1.54, 1.807) is 0 Å². The molecule has 0 bridgehead atoms. The van der Waals surface area contributed by atoms with Crippen LogP contribution in [-0.4, -0.2) is 24.7 Å². The topological polar surface area (TPSA) is 64.3 Å². The minimum absolute atomic E-state index is 0.0941. The van der Waals surface area contributed by atoms with Gasteiger partial charge in [-0.3, -0.25) is 4.79 Å². The third-order valence-electron chi connectivity index (χ3n) is 3.09. The maximum Gasteiger partial charge on any atom is 0.248 e. The van der Waals surface area contributed by atoms with Crippen molar-refractivity contribution in [3.05, 3.63) is 29.6 Å². The van der Waals surface area contributed by atoms with E-state index in [9.17, 15) is 9.18 Å². The molecule has 0 aromatic heterocycles. The minimum Gasteiger partial charge on any atom is -0.380 e. The quantitative estimate of drug-likeness (QED) is 0.860. The highest BCUT2D eigenvalue weighted by Gasteiger charge is 2.21. The second kappa shape index (κ2) is 5.35. The summed E-state index contributed by atoms with van der Waals surface area (Å²) in [5, 5.41) is 2.96. The zero-order valence-corrected chi connectivity index (χ0v) is 10.3. The van der Waals surface area contributed by atoms with Crippen LogP contribution in [0.4, 0.5) is 10.1 Å². The summed E-state index contributed by atoms with van der Waals surface area (Å²) in [5.74, 6) is -0.963. The smallest absolute Gasteiger partial charge is 0.248 e. The summed E-state index contributed by atoms with van der Waals surface area (Å²) >= 11 is 0. The lowest BCUT2D eigenvalue weighted by molar-refractivity contribution is 0.0636. The molecule has 1 aliphatic heterocycles. The fourth-order valence-corrected chi connectivity index (χ4v) is 2.07. The van der Waals surface area contributed by atoms with Crippen LogP contribution in [0.15, 0.2) is 18.2 Å². The van der Waals surface area contributed by atoms with Crippen molar-refractivity contribution < 1.29 is 13.9 Å². The van der Waals surface area contributed by atoms with E-state index in [0.29, 0.717) is 12.1 Å². The van der Waals surface area contributed by atoms with E-state index in [1.807, 2.05) is 6.92 Å². The summed E-state index contributed by atoms with van der Waals surface area (Å²) in [6.07, 6.45) is 2.34. The van der Waals surface area contributed by atoms with E-state index < -0.39 is 11.7 Å². The van der Waals surface area contributed by atoms with Gasteiger partial charge in [0.2, 0.25) is 5.91 Å².